The minimum atomic E-state index is -0.538. The number of rotatable bonds is 3. The van der Waals surface area contributed by atoms with E-state index >= 15 is 0 Å². The quantitative estimate of drug-likeness (QED) is 0.611. The molecule has 0 spiro atoms. The largest absolute Gasteiger partial charge is 0.389 e. The van der Waals surface area contributed by atoms with Crippen molar-refractivity contribution in [3.05, 3.63) is 45.5 Å². The maximum Gasteiger partial charge on any atom is 0.270 e. The Morgan fingerprint density at radius 1 is 1.60 bits per heavy atom. The van der Waals surface area contributed by atoms with Gasteiger partial charge in [-0.2, -0.15) is 0 Å². The summed E-state index contributed by atoms with van der Waals surface area (Å²) in [6, 6.07) is 6.30. The minimum Gasteiger partial charge on any atom is -0.389 e. The third-order valence-corrected chi connectivity index (χ3v) is 2.13. The van der Waals surface area contributed by atoms with E-state index in [1.165, 1.54) is 12.1 Å². The van der Waals surface area contributed by atoms with Crippen LogP contribution in [0.25, 0.3) is 6.08 Å². The number of aliphatic hydroxyl groups is 1. The highest BCUT2D eigenvalue weighted by Gasteiger charge is 2.05. The zero-order valence-corrected chi connectivity index (χ0v) is 8.68. The highest BCUT2D eigenvalue weighted by molar-refractivity contribution is 5.56. The second-order valence-corrected chi connectivity index (χ2v) is 3.42. The van der Waals surface area contributed by atoms with Crippen LogP contribution in [0.5, 0.6) is 0 Å². The SMILES string of the molecule is C/C(=C\c1cccc([N+](=O)[O-])c1)C(C)O. The number of hydrogen-bond donors (Lipinski definition) is 1. The summed E-state index contributed by atoms with van der Waals surface area (Å²) >= 11 is 0. The third kappa shape index (κ3) is 3.18. The molecule has 0 aromatic heterocycles. The molecule has 0 amide bonds. The Kier molecular flexibility index (Phi) is 3.57. The van der Waals surface area contributed by atoms with Crippen molar-refractivity contribution in [3.8, 4) is 0 Å². The molecule has 1 aromatic rings. The predicted octanol–water partition coefficient (Wildman–Crippen LogP) is 2.38. The first kappa shape index (κ1) is 11.4. The van der Waals surface area contributed by atoms with E-state index in [9.17, 15) is 15.2 Å². The van der Waals surface area contributed by atoms with E-state index in [0.29, 0.717) is 0 Å². The van der Waals surface area contributed by atoms with Gasteiger partial charge in [0.05, 0.1) is 11.0 Å². The molecule has 0 saturated carbocycles. The van der Waals surface area contributed by atoms with Crippen molar-refractivity contribution < 1.29 is 10.0 Å². The molecule has 80 valence electrons. The van der Waals surface area contributed by atoms with Crippen LogP contribution in [0.1, 0.15) is 19.4 Å². The second-order valence-electron chi connectivity index (χ2n) is 3.42. The van der Waals surface area contributed by atoms with Crippen LogP contribution in [0.3, 0.4) is 0 Å². The van der Waals surface area contributed by atoms with Crippen LogP contribution in [0.2, 0.25) is 0 Å². The van der Waals surface area contributed by atoms with Gasteiger partial charge in [0.2, 0.25) is 0 Å². The van der Waals surface area contributed by atoms with Gasteiger partial charge in [0.15, 0.2) is 0 Å². The predicted molar refractivity (Wildman–Crippen MR) is 58.4 cm³/mol. The third-order valence-electron chi connectivity index (χ3n) is 2.13. The second kappa shape index (κ2) is 4.70. The summed E-state index contributed by atoms with van der Waals surface area (Å²) in [5, 5.41) is 19.8. The van der Waals surface area contributed by atoms with E-state index in [1.807, 2.05) is 0 Å². The molecule has 0 fully saturated rings. The average Bonchev–Trinajstić information content (AvgIpc) is 2.18. The lowest BCUT2D eigenvalue weighted by molar-refractivity contribution is -0.384. The monoisotopic (exact) mass is 207 g/mol. The van der Waals surface area contributed by atoms with Crippen LogP contribution in [0, 0.1) is 10.1 Å². The van der Waals surface area contributed by atoms with E-state index < -0.39 is 11.0 Å². The molecule has 4 nitrogen and oxygen atoms in total. The van der Waals surface area contributed by atoms with Crippen LogP contribution in [0.4, 0.5) is 5.69 Å². The summed E-state index contributed by atoms with van der Waals surface area (Å²) in [4.78, 5) is 10.1. The first-order chi connectivity index (χ1) is 7.00. The Morgan fingerprint density at radius 3 is 2.80 bits per heavy atom. The lowest BCUT2D eigenvalue weighted by Gasteiger charge is -2.03. The van der Waals surface area contributed by atoms with Crippen molar-refractivity contribution in [2.24, 2.45) is 0 Å². The van der Waals surface area contributed by atoms with Crippen LogP contribution < -0.4 is 0 Å². The van der Waals surface area contributed by atoms with E-state index in [-0.39, 0.29) is 5.69 Å². The van der Waals surface area contributed by atoms with Gasteiger partial charge in [0.1, 0.15) is 0 Å². The van der Waals surface area contributed by atoms with Gasteiger partial charge in [-0.05, 0) is 25.0 Å². The number of benzene rings is 1. The number of nitro benzene ring substituents is 1. The first-order valence-corrected chi connectivity index (χ1v) is 4.61. The number of nitrogens with zero attached hydrogens (tertiary/aromatic N) is 1. The van der Waals surface area contributed by atoms with Crippen molar-refractivity contribution in [2.75, 3.05) is 0 Å². The molecule has 0 heterocycles. The smallest absolute Gasteiger partial charge is 0.270 e. The van der Waals surface area contributed by atoms with Gasteiger partial charge < -0.3 is 5.11 Å². The molecule has 1 rings (SSSR count). The molecule has 15 heavy (non-hydrogen) atoms. The minimum absolute atomic E-state index is 0.0575. The number of nitro groups is 1. The van der Waals surface area contributed by atoms with Crippen LogP contribution in [-0.2, 0) is 0 Å². The Morgan fingerprint density at radius 2 is 2.27 bits per heavy atom. The molecule has 1 aromatic carbocycles. The maximum absolute atomic E-state index is 10.5. The van der Waals surface area contributed by atoms with Crippen molar-refractivity contribution in [1.82, 2.24) is 0 Å². The van der Waals surface area contributed by atoms with E-state index in [0.717, 1.165) is 11.1 Å². The van der Waals surface area contributed by atoms with E-state index in [4.69, 9.17) is 0 Å². The molecule has 0 saturated heterocycles. The summed E-state index contributed by atoms with van der Waals surface area (Å²) in [5.74, 6) is 0. The van der Waals surface area contributed by atoms with Gasteiger partial charge in [-0.3, -0.25) is 10.1 Å². The lowest BCUT2D eigenvalue weighted by atomic mass is 10.1. The fraction of sp³-hybridized carbons (Fsp3) is 0.273. The van der Waals surface area contributed by atoms with Gasteiger partial charge in [0.25, 0.3) is 5.69 Å². The molecule has 0 aliphatic carbocycles. The van der Waals surface area contributed by atoms with Crippen molar-refractivity contribution in [3.63, 3.8) is 0 Å². The zero-order chi connectivity index (χ0) is 11.4. The number of hydrogen-bond acceptors (Lipinski definition) is 3. The van der Waals surface area contributed by atoms with Crippen molar-refractivity contribution >= 4 is 11.8 Å². The Hall–Kier alpha value is -1.68. The summed E-state index contributed by atoms with van der Waals surface area (Å²) in [6.07, 6.45) is 1.20. The standard InChI is InChI=1S/C11H13NO3/c1-8(9(2)13)6-10-4-3-5-11(7-10)12(14)15/h3-7,9,13H,1-2H3/b8-6+. The number of aliphatic hydroxyl groups excluding tert-OH is 1. The fourth-order valence-corrected chi connectivity index (χ4v) is 1.11. The molecule has 1 atom stereocenters. The molecule has 0 aliphatic heterocycles. The first-order valence-electron chi connectivity index (χ1n) is 4.61. The van der Waals surface area contributed by atoms with Gasteiger partial charge in [0, 0.05) is 12.1 Å². The summed E-state index contributed by atoms with van der Waals surface area (Å²) in [7, 11) is 0. The molecular formula is C11H13NO3. The van der Waals surface area contributed by atoms with Gasteiger partial charge in [-0.25, -0.2) is 0 Å². The van der Waals surface area contributed by atoms with Gasteiger partial charge in [-0.1, -0.05) is 18.2 Å². The molecule has 0 radical (unpaired) electrons. The maximum atomic E-state index is 10.5. The Balaban J connectivity index is 3.01. The number of non-ortho nitro benzene ring substituents is 1. The van der Waals surface area contributed by atoms with Crippen LogP contribution in [0.15, 0.2) is 29.8 Å². The molecule has 0 aliphatic rings. The molecular weight excluding hydrogens is 194 g/mol. The summed E-state index contributed by atoms with van der Waals surface area (Å²) in [6.45, 7) is 3.44. The zero-order valence-electron chi connectivity index (χ0n) is 8.68. The van der Waals surface area contributed by atoms with E-state index in [2.05, 4.69) is 0 Å². The van der Waals surface area contributed by atoms with Crippen LogP contribution >= 0.6 is 0 Å². The highest BCUT2D eigenvalue weighted by Crippen LogP contribution is 2.16. The van der Waals surface area contributed by atoms with E-state index in [1.54, 1.807) is 32.1 Å². The topological polar surface area (TPSA) is 63.4 Å². The normalized spacial score (nSPS) is 13.7. The summed E-state index contributed by atoms with van der Waals surface area (Å²) < 4.78 is 0. The van der Waals surface area contributed by atoms with Gasteiger partial charge in [-0.15, -0.1) is 0 Å². The average molecular weight is 207 g/mol. The Bertz CT molecular complexity index is 397. The molecule has 1 N–H and O–H groups in total. The molecule has 0 bridgehead atoms. The van der Waals surface area contributed by atoms with Crippen molar-refractivity contribution in [2.45, 2.75) is 20.0 Å². The molecule has 1 unspecified atom stereocenters. The van der Waals surface area contributed by atoms with Crippen LogP contribution in [-0.4, -0.2) is 16.1 Å². The summed E-state index contributed by atoms with van der Waals surface area (Å²) in [5.41, 5.74) is 1.56. The van der Waals surface area contributed by atoms with Gasteiger partial charge >= 0.3 is 0 Å². The molecule has 4 heteroatoms. The Labute approximate surface area is 88.0 Å². The fourth-order valence-electron chi connectivity index (χ4n) is 1.11. The van der Waals surface area contributed by atoms with Crippen molar-refractivity contribution in [1.29, 1.82) is 0 Å². The lowest BCUT2D eigenvalue weighted by Crippen LogP contribution is -2.00. The highest BCUT2D eigenvalue weighted by atomic mass is 16.6.